The number of benzene rings is 1. The molecule has 0 aliphatic rings. The summed E-state index contributed by atoms with van der Waals surface area (Å²) in [6.07, 6.45) is 1.54. The summed E-state index contributed by atoms with van der Waals surface area (Å²) in [7, 11) is -1.54. The third-order valence-corrected chi connectivity index (χ3v) is 2.17. The minimum absolute atomic E-state index is 0.281. The maximum Gasteiger partial charge on any atom is 0.508 e. The Hall–Kier alpha value is -1.65. The van der Waals surface area contributed by atoms with E-state index in [4.69, 9.17) is 10.0 Å². The Morgan fingerprint density at radius 2 is 1.67 bits per heavy atom. The Labute approximate surface area is 88.2 Å². The molecule has 4 heteroatoms. The molecule has 0 unspecified atom stereocenters. The summed E-state index contributed by atoms with van der Waals surface area (Å²) in [6.45, 7) is 0. The maximum absolute atomic E-state index is 9.16. The van der Waals surface area contributed by atoms with Gasteiger partial charge in [-0.15, -0.1) is 0 Å². The summed E-state index contributed by atoms with van der Waals surface area (Å²) >= 11 is 0. The fraction of sp³-hybridized carbons (Fsp3) is 0. The molecule has 3 nitrogen and oxygen atoms in total. The molecule has 74 valence electrons. The van der Waals surface area contributed by atoms with Crippen LogP contribution in [-0.4, -0.2) is 22.2 Å². The molecule has 0 aliphatic carbocycles. The van der Waals surface area contributed by atoms with Crippen LogP contribution >= 0.6 is 0 Å². The van der Waals surface area contributed by atoms with Gasteiger partial charge in [-0.25, -0.2) is 0 Å². The van der Waals surface area contributed by atoms with Gasteiger partial charge in [-0.3, -0.25) is 4.98 Å². The smallest absolute Gasteiger partial charge is 0.422 e. The van der Waals surface area contributed by atoms with Crippen molar-refractivity contribution >= 4 is 12.7 Å². The van der Waals surface area contributed by atoms with Crippen molar-refractivity contribution in [3.63, 3.8) is 0 Å². The second-order valence-electron chi connectivity index (χ2n) is 3.18. The summed E-state index contributed by atoms with van der Waals surface area (Å²) in [5.41, 5.74) is 1.95. The molecule has 1 heterocycles. The molecule has 1 aromatic carbocycles. The Bertz CT molecular complexity index is 445. The first-order chi connectivity index (χ1) is 7.29. The van der Waals surface area contributed by atoms with E-state index in [0.717, 1.165) is 11.1 Å². The van der Waals surface area contributed by atoms with Crippen LogP contribution in [0, 0.1) is 0 Å². The first-order valence-electron chi connectivity index (χ1n) is 4.65. The van der Waals surface area contributed by atoms with Crippen LogP contribution < -0.4 is 5.59 Å². The van der Waals surface area contributed by atoms with Crippen molar-refractivity contribution in [2.24, 2.45) is 0 Å². The standard InChI is InChI=1S/C11H10BNO2/c14-12(15)11-10(7-4-8-13-11)9-5-2-1-3-6-9/h1-8,14-15H. The van der Waals surface area contributed by atoms with Gasteiger partial charge in [-0.05, 0) is 17.2 Å². The number of aromatic nitrogens is 1. The lowest BCUT2D eigenvalue weighted by atomic mass is 9.80. The van der Waals surface area contributed by atoms with E-state index in [0.29, 0.717) is 0 Å². The Kier molecular flexibility index (Phi) is 2.80. The summed E-state index contributed by atoms with van der Waals surface area (Å²) in [4.78, 5) is 3.95. The number of rotatable bonds is 2. The highest BCUT2D eigenvalue weighted by Gasteiger charge is 2.17. The van der Waals surface area contributed by atoms with Crippen molar-refractivity contribution in [3.05, 3.63) is 48.7 Å². The highest BCUT2D eigenvalue weighted by molar-refractivity contribution is 6.59. The molecule has 0 aliphatic heterocycles. The summed E-state index contributed by atoms with van der Waals surface area (Å²) in [5, 5.41) is 18.3. The lowest BCUT2D eigenvalue weighted by Crippen LogP contribution is -2.34. The minimum Gasteiger partial charge on any atom is -0.422 e. The van der Waals surface area contributed by atoms with Crippen LogP contribution in [0.3, 0.4) is 0 Å². The Balaban J connectivity index is 2.53. The van der Waals surface area contributed by atoms with Crippen LogP contribution in [0.5, 0.6) is 0 Å². The van der Waals surface area contributed by atoms with Gasteiger partial charge in [0.05, 0.1) is 5.59 Å². The van der Waals surface area contributed by atoms with E-state index in [-0.39, 0.29) is 5.59 Å². The van der Waals surface area contributed by atoms with Crippen molar-refractivity contribution in [2.75, 3.05) is 0 Å². The predicted octanol–water partition coefficient (Wildman–Crippen LogP) is 0.428. The van der Waals surface area contributed by atoms with Gasteiger partial charge in [-0.2, -0.15) is 0 Å². The van der Waals surface area contributed by atoms with E-state index in [1.165, 1.54) is 0 Å². The summed E-state index contributed by atoms with van der Waals surface area (Å²) in [6, 6.07) is 13.1. The highest BCUT2D eigenvalue weighted by Crippen LogP contribution is 2.15. The molecule has 0 radical (unpaired) electrons. The number of hydrogen-bond donors (Lipinski definition) is 2. The lowest BCUT2D eigenvalue weighted by Gasteiger charge is -2.06. The lowest BCUT2D eigenvalue weighted by molar-refractivity contribution is 0.424. The van der Waals surface area contributed by atoms with Gasteiger partial charge in [0.1, 0.15) is 0 Å². The molecule has 0 fully saturated rings. The summed E-state index contributed by atoms with van der Waals surface area (Å²) < 4.78 is 0. The molecular weight excluding hydrogens is 189 g/mol. The van der Waals surface area contributed by atoms with Crippen LogP contribution in [-0.2, 0) is 0 Å². The van der Waals surface area contributed by atoms with Gasteiger partial charge in [0.15, 0.2) is 0 Å². The average molecular weight is 199 g/mol. The van der Waals surface area contributed by atoms with Gasteiger partial charge in [-0.1, -0.05) is 36.4 Å². The van der Waals surface area contributed by atoms with Gasteiger partial charge < -0.3 is 10.0 Å². The molecule has 2 rings (SSSR count). The number of pyridine rings is 1. The first-order valence-corrected chi connectivity index (χ1v) is 4.65. The van der Waals surface area contributed by atoms with E-state index in [1.807, 2.05) is 36.4 Å². The molecule has 0 saturated carbocycles. The number of nitrogens with zero attached hydrogens (tertiary/aromatic N) is 1. The van der Waals surface area contributed by atoms with E-state index < -0.39 is 7.12 Å². The van der Waals surface area contributed by atoms with E-state index in [2.05, 4.69) is 4.98 Å². The molecule has 0 atom stereocenters. The second kappa shape index (κ2) is 4.25. The van der Waals surface area contributed by atoms with Gasteiger partial charge in [0, 0.05) is 6.20 Å². The van der Waals surface area contributed by atoms with E-state index >= 15 is 0 Å². The fourth-order valence-corrected chi connectivity index (χ4v) is 1.49. The quantitative estimate of drug-likeness (QED) is 0.689. The van der Waals surface area contributed by atoms with E-state index in [9.17, 15) is 0 Å². The number of hydrogen-bond acceptors (Lipinski definition) is 3. The van der Waals surface area contributed by atoms with Gasteiger partial charge in [0.25, 0.3) is 0 Å². The maximum atomic E-state index is 9.16. The SMILES string of the molecule is OB(O)c1ncccc1-c1ccccc1. The van der Waals surface area contributed by atoms with Crippen molar-refractivity contribution in [2.45, 2.75) is 0 Å². The second-order valence-corrected chi connectivity index (χ2v) is 3.18. The van der Waals surface area contributed by atoms with Crippen LogP contribution in [0.15, 0.2) is 48.7 Å². The van der Waals surface area contributed by atoms with Crippen LogP contribution in [0.1, 0.15) is 0 Å². The highest BCUT2D eigenvalue weighted by atomic mass is 16.4. The van der Waals surface area contributed by atoms with Crippen LogP contribution in [0.25, 0.3) is 11.1 Å². The molecular formula is C11H10BNO2. The largest absolute Gasteiger partial charge is 0.508 e. The molecule has 0 amide bonds. The monoisotopic (exact) mass is 199 g/mol. The zero-order valence-corrected chi connectivity index (χ0v) is 8.04. The zero-order valence-electron chi connectivity index (χ0n) is 8.04. The predicted molar refractivity (Wildman–Crippen MR) is 59.5 cm³/mol. The molecule has 0 spiro atoms. The molecule has 0 bridgehead atoms. The van der Waals surface area contributed by atoms with Crippen molar-refractivity contribution < 1.29 is 10.0 Å². The molecule has 2 aromatic rings. The fourth-order valence-electron chi connectivity index (χ4n) is 1.49. The van der Waals surface area contributed by atoms with Crippen molar-refractivity contribution in [1.82, 2.24) is 4.98 Å². The molecule has 0 saturated heterocycles. The molecule has 1 aromatic heterocycles. The normalized spacial score (nSPS) is 10.0. The first kappa shape index (κ1) is 9.89. The van der Waals surface area contributed by atoms with Crippen molar-refractivity contribution in [1.29, 1.82) is 0 Å². The Morgan fingerprint density at radius 1 is 0.933 bits per heavy atom. The summed E-state index contributed by atoms with van der Waals surface area (Å²) in [5.74, 6) is 0. The molecule has 2 N–H and O–H groups in total. The third kappa shape index (κ3) is 2.06. The van der Waals surface area contributed by atoms with Crippen molar-refractivity contribution in [3.8, 4) is 11.1 Å². The average Bonchev–Trinajstić information content (AvgIpc) is 2.30. The van der Waals surface area contributed by atoms with Crippen LogP contribution in [0.2, 0.25) is 0 Å². The van der Waals surface area contributed by atoms with E-state index in [1.54, 1.807) is 12.3 Å². The Morgan fingerprint density at radius 3 is 2.33 bits per heavy atom. The zero-order chi connectivity index (χ0) is 10.7. The topological polar surface area (TPSA) is 53.4 Å². The minimum atomic E-state index is -1.54. The third-order valence-electron chi connectivity index (χ3n) is 2.17. The van der Waals surface area contributed by atoms with Gasteiger partial charge in [0.2, 0.25) is 0 Å². The van der Waals surface area contributed by atoms with Gasteiger partial charge >= 0.3 is 7.12 Å². The molecule has 15 heavy (non-hydrogen) atoms. The van der Waals surface area contributed by atoms with Crippen LogP contribution in [0.4, 0.5) is 0 Å².